The SMILES string of the molecule is Cc1cc(Oc2ccc3c4ccccc4n(-c4cc(C(C)(C)C)ccn4)c3c2)cc(-n2nc(C)c([C@@H]3C(C4CCCCC4)=CCC[C@@H]3C3CCCCC3)c2C)c1. The van der Waals surface area contributed by atoms with E-state index in [0.29, 0.717) is 5.92 Å². The fourth-order valence-corrected chi connectivity index (χ4v) is 11.0. The van der Waals surface area contributed by atoms with Crippen molar-refractivity contribution in [1.29, 1.82) is 0 Å². The molecule has 3 aliphatic carbocycles. The van der Waals surface area contributed by atoms with Gasteiger partial charge in [-0.1, -0.05) is 102 Å². The lowest BCUT2D eigenvalue weighted by atomic mass is 9.62. The lowest BCUT2D eigenvalue weighted by molar-refractivity contribution is 0.198. The Morgan fingerprint density at radius 3 is 2.25 bits per heavy atom. The second-order valence-corrected chi connectivity index (χ2v) is 18.4. The van der Waals surface area contributed by atoms with Gasteiger partial charge < -0.3 is 4.74 Å². The maximum atomic E-state index is 6.80. The van der Waals surface area contributed by atoms with Crippen LogP contribution in [0.25, 0.3) is 33.3 Å². The molecule has 0 amide bonds. The van der Waals surface area contributed by atoms with Crippen molar-refractivity contribution in [3.63, 3.8) is 0 Å². The normalized spacial score (nSPS) is 20.1. The third-order valence-corrected chi connectivity index (χ3v) is 13.7. The molecule has 0 aliphatic heterocycles. The van der Waals surface area contributed by atoms with Gasteiger partial charge in [-0.15, -0.1) is 0 Å². The van der Waals surface area contributed by atoms with E-state index in [9.17, 15) is 0 Å². The van der Waals surface area contributed by atoms with E-state index >= 15 is 0 Å². The smallest absolute Gasteiger partial charge is 0.137 e. The molecular weight excluding hydrogens is 685 g/mol. The van der Waals surface area contributed by atoms with E-state index in [0.717, 1.165) is 57.4 Å². The van der Waals surface area contributed by atoms with Gasteiger partial charge in [0.05, 0.1) is 22.4 Å². The number of allylic oxidation sites excluding steroid dienone is 2. The van der Waals surface area contributed by atoms with E-state index in [4.69, 9.17) is 14.8 Å². The zero-order chi connectivity index (χ0) is 38.6. The lowest BCUT2D eigenvalue weighted by Crippen LogP contribution is -2.31. The van der Waals surface area contributed by atoms with Gasteiger partial charge in [0.1, 0.15) is 17.3 Å². The molecule has 5 nitrogen and oxygen atoms in total. The van der Waals surface area contributed by atoms with Gasteiger partial charge in [-0.05, 0) is 123 Å². The number of hydrogen-bond donors (Lipinski definition) is 0. The van der Waals surface area contributed by atoms with Crippen LogP contribution in [-0.2, 0) is 5.41 Å². The van der Waals surface area contributed by atoms with E-state index in [1.807, 2.05) is 6.20 Å². The molecule has 290 valence electrons. The molecule has 0 saturated heterocycles. The fourth-order valence-electron chi connectivity index (χ4n) is 11.0. The zero-order valence-electron chi connectivity index (χ0n) is 34.6. The molecule has 0 unspecified atom stereocenters. The lowest BCUT2D eigenvalue weighted by Gasteiger charge is -2.43. The highest BCUT2D eigenvalue weighted by molar-refractivity contribution is 6.09. The van der Waals surface area contributed by atoms with Crippen LogP contribution in [0, 0.1) is 38.5 Å². The molecule has 3 aromatic carbocycles. The van der Waals surface area contributed by atoms with Crippen LogP contribution >= 0.6 is 0 Å². The number of aromatic nitrogens is 4. The Morgan fingerprint density at radius 1 is 0.714 bits per heavy atom. The zero-order valence-corrected chi connectivity index (χ0v) is 34.6. The summed E-state index contributed by atoms with van der Waals surface area (Å²) in [6.07, 6.45) is 21.1. The molecule has 0 spiro atoms. The average molecular weight is 745 g/mol. The molecule has 0 radical (unpaired) electrons. The summed E-state index contributed by atoms with van der Waals surface area (Å²) in [5, 5.41) is 7.76. The molecule has 5 heteroatoms. The van der Waals surface area contributed by atoms with Crippen molar-refractivity contribution < 1.29 is 4.74 Å². The summed E-state index contributed by atoms with van der Waals surface area (Å²) >= 11 is 0. The number of benzene rings is 3. The van der Waals surface area contributed by atoms with Crippen LogP contribution in [-0.4, -0.2) is 19.3 Å². The Morgan fingerprint density at radius 2 is 1.46 bits per heavy atom. The number of ether oxygens (including phenoxy) is 1. The van der Waals surface area contributed by atoms with E-state index in [1.165, 1.54) is 110 Å². The molecule has 6 aromatic rings. The summed E-state index contributed by atoms with van der Waals surface area (Å²) in [6, 6.07) is 26.1. The van der Waals surface area contributed by atoms with Crippen molar-refractivity contribution in [3.05, 3.63) is 119 Å². The highest BCUT2D eigenvalue weighted by Gasteiger charge is 2.40. The quantitative estimate of drug-likeness (QED) is 0.153. The molecule has 3 aromatic heterocycles. The topological polar surface area (TPSA) is 44.9 Å². The van der Waals surface area contributed by atoms with Crippen molar-refractivity contribution >= 4 is 21.8 Å². The maximum absolute atomic E-state index is 6.80. The summed E-state index contributed by atoms with van der Waals surface area (Å²) < 4.78 is 11.3. The molecule has 2 saturated carbocycles. The highest BCUT2D eigenvalue weighted by Crippen LogP contribution is 2.52. The van der Waals surface area contributed by atoms with Crippen molar-refractivity contribution in [2.45, 2.75) is 130 Å². The Bertz CT molecular complexity index is 2410. The molecule has 3 aliphatic rings. The van der Waals surface area contributed by atoms with Crippen LogP contribution in [0.2, 0.25) is 0 Å². The first kappa shape index (κ1) is 37.0. The number of nitrogens with zero attached hydrogens (tertiary/aromatic N) is 4. The number of para-hydroxylation sites is 1. The minimum atomic E-state index is 0.0156. The fraction of sp³-hybridized carbons (Fsp3) is 0.451. The van der Waals surface area contributed by atoms with Crippen LogP contribution in [0.3, 0.4) is 0 Å². The second-order valence-electron chi connectivity index (χ2n) is 18.4. The van der Waals surface area contributed by atoms with Gasteiger partial charge >= 0.3 is 0 Å². The minimum absolute atomic E-state index is 0.0156. The first-order chi connectivity index (χ1) is 27.1. The van der Waals surface area contributed by atoms with Crippen LogP contribution in [0.15, 0.2) is 90.6 Å². The Labute approximate surface area is 334 Å². The molecular formula is C51H60N4O. The third kappa shape index (κ3) is 6.90. The molecule has 0 N–H and O–H groups in total. The van der Waals surface area contributed by atoms with Crippen molar-refractivity contribution in [2.24, 2.45) is 17.8 Å². The van der Waals surface area contributed by atoms with E-state index < -0.39 is 0 Å². The molecule has 9 rings (SSSR count). The Balaban J connectivity index is 1.09. The first-order valence-electron chi connectivity index (χ1n) is 21.7. The molecule has 0 bridgehead atoms. The van der Waals surface area contributed by atoms with Gasteiger partial charge in [0, 0.05) is 46.3 Å². The number of hydrogen-bond acceptors (Lipinski definition) is 3. The summed E-state index contributed by atoms with van der Waals surface area (Å²) in [5.41, 5.74) is 11.5. The van der Waals surface area contributed by atoms with Gasteiger partial charge in [0.15, 0.2) is 0 Å². The average Bonchev–Trinajstić information content (AvgIpc) is 3.70. The van der Waals surface area contributed by atoms with Crippen molar-refractivity contribution in [3.8, 4) is 23.0 Å². The standard InChI is InChI=1S/C51H60N4O/c1-33-28-39(55-35(3)49(34(2)53-55)50-42(36-16-9-7-10-17-36)21-15-22-43(50)37-18-11-8-12-19-37)31-41(29-33)56-40-24-25-45-44-20-13-14-23-46(44)54(47(45)32-40)48-30-38(26-27-52-48)51(4,5)6/h13-14,20-21,23-32,36-37,43,50H,7-12,15-19,22H2,1-6H3/t43-,50-/m1/s1. The number of fused-ring (bicyclic) bond motifs is 3. The van der Waals surface area contributed by atoms with E-state index in [1.54, 1.807) is 5.57 Å². The van der Waals surface area contributed by atoms with Crippen LogP contribution < -0.4 is 4.74 Å². The summed E-state index contributed by atoms with van der Waals surface area (Å²) in [4.78, 5) is 4.89. The van der Waals surface area contributed by atoms with Gasteiger partial charge in [-0.25, -0.2) is 9.67 Å². The summed E-state index contributed by atoms with van der Waals surface area (Å²) in [6.45, 7) is 13.5. The summed E-state index contributed by atoms with van der Waals surface area (Å²) in [5.74, 6) is 5.32. The number of aryl methyl sites for hydroxylation is 2. The third-order valence-electron chi connectivity index (χ3n) is 13.7. The van der Waals surface area contributed by atoms with Crippen LogP contribution in [0.5, 0.6) is 11.5 Å². The Kier molecular flexibility index (Phi) is 9.92. The largest absolute Gasteiger partial charge is 0.457 e. The van der Waals surface area contributed by atoms with E-state index in [-0.39, 0.29) is 5.41 Å². The first-order valence-corrected chi connectivity index (χ1v) is 21.7. The van der Waals surface area contributed by atoms with Crippen molar-refractivity contribution in [1.82, 2.24) is 19.3 Å². The minimum Gasteiger partial charge on any atom is -0.457 e. The molecule has 2 atom stereocenters. The molecule has 2 fully saturated rings. The highest BCUT2D eigenvalue weighted by atomic mass is 16.5. The van der Waals surface area contributed by atoms with Gasteiger partial charge in [-0.3, -0.25) is 4.57 Å². The molecule has 56 heavy (non-hydrogen) atoms. The Hall–Kier alpha value is -4.64. The predicted octanol–water partition coefficient (Wildman–Crippen LogP) is 14.0. The monoisotopic (exact) mass is 744 g/mol. The second kappa shape index (κ2) is 15.0. The van der Waals surface area contributed by atoms with Gasteiger partial charge in [-0.2, -0.15) is 5.10 Å². The number of pyridine rings is 1. The van der Waals surface area contributed by atoms with Gasteiger partial charge in [0.2, 0.25) is 0 Å². The predicted molar refractivity (Wildman–Crippen MR) is 232 cm³/mol. The van der Waals surface area contributed by atoms with Crippen LogP contribution in [0.1, 0.15) is 132 Å². The molecule has 3 heterocycles. The number of rotatable bonds is 7. The maximum Gasteiger partial charge on any atom is 0.137 e. The van der Waals surface area contributed by atoms with Gasteiger partial charge in [0.25, 0.3) is 0 Å². The van der Waals surface area contributed by atoms with Crippen LogP contribution in [0.4, 0.5) is 0 Å². The van der Waals surface area contributed by atoms with E-state index in [2.05, 4.69) is 130 Å². The summed E-state index contributed by atoms with van der Waals surface area (Å²) in [7, 11) is 0. The van der Waals surface area contributed by atoms with Crippen molar-refractivity contribution in [2.75, 3.05) is 0 Å².